The first-order valence-electron chi connectivity index (χ1n) is 5.10. The van der Waals surface area contributed by atoms with Gasteiger partial charge in [-0.25, -0.2) is 0 Å². The molecule has 4 atom stereocenters. The molecule has 2 saturated carbocycles. The van der Waals surface area contributed by atoms with Gasteiger partial charge in [-0.3, -0.25) is 0 Å². The Labute approximate surface area is 74.4 Å². The summed E-state index contributed by atoms with van der Waals surface area (Å²) in [5.74, 6) is 3.79. The van der Waals surface area contributed by atoms with Crippen molar-refractivity contribution in [3.63, 3.8) is 0 Å². The van der Waals surface area contributed by atoms with Gasteiger partial charge in [0.15, 0.2) is 0 Å². The van der Waals surface area contributed by atoms with Gasteiger partial charge in [-0.15, -0.1) is 0 Å². The first-order chi connectivity index (χ1) is 5.75. The standard InChI is InChI=1S/C12H16/c1-7-3-11-9-5-8(2)10(6-9)12(11)4-7/h4,9-12H,2-3,5-6H2,1H3. The quantitative estimate of drug-likeness (QED) is 0.477. The summed E-state index contributed by atoms with van der Waals surface area (Å²) in [6.07, 6.45) is 6.71. The molecular weight excluding hydrogens is 144 g/mol. The maximum absolute atomic E-state index is 4.19. The number of rotatable bonds is 0. The molecule has 0 heterocycles. The second-order valence-electron chi connectivity index (χ2n) is 4.92. The summed E-state index contributed by atoms with van der Waals surface area (Å²) >= 11 is 0. The fourth-order valence-corrected chi connectivity index (χ4v) is 3.74. The van der Waals surface area contributed by atoms with Gasteiger partial charge >= 0.3 is 0 Å². The van der Waals surface area contributed by atoms with Gasteiger partial charge in [0.2, 0.25) is 0 Å². The van der Waals surface area contributed by atoms with E-state index in [2.05, 4.69) is 19.6 Å². The highest BCUT2D eigenvalue weighted by atomic mass is 14.5. The van der Waals surface area contributed by atoms with E-state index < -0.39 is 0 Å². The third-order valence-electron chi connectivity index (χ3n) is 4.20. The van der Waals surface area contributed by atoms with Gasteiger partial charge in [0.1, 0.15) is 0 Å². The monoisotopic (exact) mass is 160 g/mol. The minimum Gasteiger partial charge on any atom is -0.0995 e. The molecule has 0 amide bonds. The lowest BCUT2D eigenvalue weighted by molar-refractivity contribution is 0.328. The van der Waals surface area contributed by atoms with E-state index in [1.54, 1.807) is 11.1 Å². The topological polar surface area (TPSA) is 0 Å². The number of hydrogen-bond acceptors (Lipinski definition) is 0. The van der Waals surface area contributed by atoms with Crippen LogP contribution in [0.3, 0.4) is 0 Å². The Bertz CT molecular complexity index is 272. The second kappa shape index (κ2) is 2.04. The van der Waals surface area contributed by atoms with Crippen LogP contribution in [0.4, 0.5) is 0 Å². The van der Waals surface area contributed by atoms with Crippen molar-refractivity contribution in [2.24, 2.45) is 23.7 Å². The van der Waals surface area contributed by atoms with Gasteiger partial charge in [-0.2, -0.15) is 0 Å². The molecule has 3 aliphatic carbocycles. The molecule has 64 valence electrons. The van der Waals surface area contributed by atoms with Crippen molar-refractivity contribution < 1.29 is 0 Å². The zero-order chi connectivity index (χ0) is 8.29. The Morgan fingerprint density at radius 3 is 3.08 bits per heavy atom. The van der Waals surface area contributed by atoms with E-state index >= 15 is 0 Å². The molecule has 4 unspecified atom stereocenters. The van der Waals surface area contributed by atoms with Crippen LogP contribution < -0.4 is 0 Å². The highest BCUT2D eigenvalue weighted by Gasteiger charge is 2.50. The molecule has 3 aliphatic rings. The minimum absolute atomic E-state index is 0.873. The van der Waals surface area contributed by atoms with E-state index in [1.165, 1.54) is 19.3 Å². The second-order valence-corrected chi connectivity index (χ2v) is 4.92. The average Bonchev–Trinajstić information content (AvgIpc) is 2.57. The molecule has 12 heavy (non-hydrogen) atoms. The molecule has 0 aliphatic heterocycles. The molecule has 2 bridgehead atoms. The first kappa shape index (κ1) is 6.94. The summed E-state index contributed by atoms with van der Waals surface area (Å²) in [7, 11) is 0. The smallest absolute Gasteiger partial charge is 0.0131 e. The van der Waals surface area contributed by atoms with Gasteiger partial charge in [0, 0.05) is 0 Å². The molecule has 2 fully saturated rings. The third kappa shape index (κ3) is 0.688. The largest absolute Gasteiger partial charge is 0.0995 e. The molecule has 0 saturated heterocycles. The van der Waals surface area contributed by atoms with Crippen molar-refractivity contribution in [1.82, 2.24) is 0 Å². The minimum atomic E-state index is 0.873. The lowest BCUT2D eigenvalue weighted by Crippen LogP contribution is -2.17. The number of allylic oxidation sites excluding steroid dienone is 3. The zero-order valence-corrected chi connectivity index (χ0v) is 7.72. The summed E-state index contributed by atoms with van der Waals surface area (Å²) in [4.78, 5) is 0. The molecular formula is C12H16. The Morgan fingerprint density at radius 2 is 2.25 bits per heavy atom. The molecule has 0 nitrogen and oxygen atoms in total. The summed E-state index contributed by atoms with van der Waals surface area (Å²) in [5.41, 5.74) is 3.18. The average molecular weight is 160 g/mol. The van der Waals surface area contributed by atoms with Crippen molar-refractivity contribution in [2.45, 2.75) is 26.2 Å². The van der Waals surface area contributed by atoms with Crippen molar-refractivity contribution in [3.8, 4) is 0 Å². The normalized spacial score (nSPS) is 49.8. The lowest BCUT2D eigenvalue weighted by Gasteiger charge is -2.25. The number of hydrogen-bond donors (Lipinski definition) is 0. The van der Waals surface area contributed by atoms with E-state index in [4.69, 9.17) is 0 Å². The summed E-state index contributed by atoms with van der Waals surface area (Å²) in [5, 5.41) is 0. The zero-order valence-electron chi connectivity index (χ0n) is 7.72. The van der Waals surface area contributed by atoms with Crippen LogP contribution in [0.1, 0.15) is 26.2 Å². The van der Waals surface area contributed by atoms with Gasteiger partial charge in [0.25, 0.3) is 0 Å². The molecule has 3 rings (SSSR count). The van der Waals surface area contributed by atoms with Gasteiger partial charge in [-0.1, -0.05) is 23.8 Å². The maximum Gasteiger partial charge on any atom is -0.0131 e. The van der Waals surface area contributed by atoms with Crippen molar-refractivity contribution >= 4 is 0 Å². The van der Waals surface area contributed by atoms with E-state index in [-0.39, 0.29) is 0 Å². The predicted molar refractivity (Wildman–Crippen MR) is 50.7 cm³/mol. The predicted octanol–water partition coefficient (Wildman–Crippen LogP) is 3.16. The summed E-state index contributed by atoms with van der Waals surface area (Å²) < 4.78 is 0. The SMILES string of the molecule is C=C1CC2CC1C1C=C(C)CC21. The first-order valence-corrected chi connectivity index (χ1v) is 5.10. The molecule has 0 N–H and O–H groups in total. The molecule has 0 spiro atoms. The van der Waals surface area contributed by atoms with E-state index in [9.17, 15) is 0 Å². The van der Waals surface area contributed by atoms with Crippen LogP contribution in [-0.2, 0) is 0 Å². The Hall–Kier alpha value is -0.520. The highest BCUT2D eigenvalue weighted by Crippen LogP contribution is 2.59. The molecule has 0 aromatic rings. The van der Waals surface area contributed by atoms with Crippen molar-refractivity contribution in [3.05, 3.63) is 23.8 Å². The van der Waals surface area contributed by atoms with Crippen LogP contribution in [-0.4, -0.2) is 0 Å². The van der Waals surface area contributed by atoms with Gasteiger partial charge in [0.05, 0.1) is 0 Å². The van der Waals surface area contributed by atoms with Crippen LogP contribution in [0.2, 0.25) is 0 Å². The highest BCUT2D eigenvalue weighted by molar-refractivity contribution is 5.27. The van der Waals surface area contributed by atoms with E-state index in [1.807, 2.05) is 0 Å². The molecule has 0 aromatic heterocycles. The molecule has 0 radical (unpaired) electrons. The van der Waals surface area contributed by atoms with Gasteiger partial charge < -0.3 is 0 Å². The van der Waals surface area contributed by atoms with Crippen LogP contribution in [0.25, 0.3) is 0 Å². The van der Waals surface area contributed by atoms with Crippen LogP contribution in [0, 0.1) is 23.7 Å². The van der Waals surface area contributed by atoms with Gasteiger partial charge in [-0.05, 0) is 49.9 Å². The lowest BCUT2D eigenvalue weighted by atomic mass is 9.79. The fourth-order valence-electron chi connectivity index (χ4n) is 3.74. The van der Waals surface area contributed by atoms with Crippen LogP contribution in [0.15, 0.2) is 23.8 Å². The molecule has 0 heteroatoms. The summed E-state index contributed by atoms with van der Waals surface area (Å²) in [6.45, 7) is 6.49. The van der Waals surface area contributed by atoms with Crippen molar-refractivity contribution in [2.75, 3.05) is 0 Å². The van der Waals surface area contributed by atoms with E-state index in [0.29, 0.717) is 0 Å². The Morgan fingerprint density at radius 1 is 1.42 bits per heavy atom. The fraction of sp³-hybridized carbons (Fsp3) is 0.667. The van der Waals surface area contributed by atoms with Crippen LogP contribution in [0.5, 0.6) is 0 Å². The third-order valence-corrected chi connectivity index (χ3v) is 4.20. The Balaban J connectivity index is 1.98. The number of fused-ring (bicyclic) bond motifs is 5. The molecule has 0 aromatic carbocycles. The van der Waals surface area contributed by atoms with Crippen molar-refractivity contribution in [1.29, 1.82) is 0 Å². The summed E-state index contributed by atoms with van der Waals surface area (Å²) in [6, 6.07) is 0. The van der Waals surface area contributed by atoms with E-state index in [0.717, 1.165) is 23.7 Å². The maximum atomic E-state index is 4.19. The Kier molecular flexibility index (Phi) is 1.18. The van der Waals surface area contributed by atoms with Crippen LogP contribution >= 0.6 is 0 Å².